The molecular weight excluding hydrogens is 282 g/mol. The number of amides is 1. The number of benzene rings is 2. The minimum atomic E-state index is -1.48. The van der Waals surface area contributed by atoms with Gasteiger partial charge in [0.15, 0.2) is 5.79 Å². The Hall–Kier alpha value is -2.37. The van der Waals surface area contributed by atoms with Crippen LogP contribution in [0.15, 0.2) is 54.6 Å². The van der Waals surface area contributed by atoms with Crippen LogP contribution < -0.4 is 5.48 Å². The summed E-state index contributed by atoms with van der Waals surface area (Å²) in [6.45, 7) is 1.48. The molecule has 2 aromatic rings. The highest BCUT2D eigenvalue weighted by Gasteiger charge is 2.23. The maximum atomic E-state index is 11.8. The van der Waals surface area contributed by atoms with Crippen LogP contribution in [0.1, 0.15) is 29.3 Å². The Morgan fingerprint density at radius 3 is 2.41 bits per heavy atom. The van der Waals surface area contributed by atoms with Gasteiger partial charge in [-0.25, -0.2) is 10.3 Å². The number of carbonyl (C=O) groups excluding carboxylic acids is 1. The zero-order valence-corrected chi connectivity index (χ0v) is 12.3. The molecule has 5 nitrogen and oxygen atoms in total. The Labute approximate surface area is 129 Å². The first kappa shape index (κ1) is 16.0. The van der Waals surface area contributed by atoms with Gasteiger partial charge in [-0.2, -0.15) is 0 Å². The Balaban J connectivity index is 1.83. The third kappa shape index (κ3) is 4.87. The van der Waals surface area contributed by atoms with Crippen molar-refractivity contribution in [3.8, 4) is 5.75 Å². The second kappa shape index (κ2) is 7.06. The molecule has 1 unspecified atom stereocenters. The van der Waals surface area contributed by atoms with Crippen LogP contribution in [0.4, 0.5) is 0 Å². The van der Waals surface area contributed by atoms with Gasteiger partial charge in [-0.15, -0.1) is 0 Å². The van der Waals surface area contributed by atoms with Crippen molar-refractivity contribution in [3.63, 3.8) is 0 Å². The van der Waals surface area contributed by atoms with Crippen molar-refractivity contribution in [2.75, 3.05) is 0 Å². The highest BCUT2D eigenvalue weighted by atomic mass is 16.7. The van der Waals surface area contributed by atoms with Crippen molar-refractivity contribution in [3.05, 3.63) is 65.7 Å². The van der Waals surface area contributed by atoms with E-state index >= 15 is 0 Å². The molecule has 2 aromatic carbocycles. The van der Waals surface area contributed by atoms with E-state index in [4.69, 9.17) is 4.84 Å². The highest BCUT2D eigenvalue weighted by molar-refractivity contribution is 5.93. The first-order chi connectivity index (χ1) is 10.5. The summed E-state index contributed by atoms with van der Waals surface area (Å²) in [4.78, 5) is 16.9. The average Bonchev–Trinajstić information content (AvgIpc) is 2.53. The normalized spacial score (nSPS) is 13.4. The molecule has 1 amide bonds. The summed E-state index contributed by atoms with van der Waals surface area (Å²) in [5, 5.41) is 19.4. The van der Waals surface area contributed by atoms with Gasteiger partial charge in [0.1, 0.15) is 5.75 Å². The van der Waals surface area contributed by atoms with E-state index in [0.29, 0.717) is 18.4 Å². The number of hydrogen-bond donors (Lipinski definition) is 3. The van der Waals surface area contributed by atoms with E-state index in [-0.39, 0.29) is 5.75 Å². The fourth-order valence-corrected chi connectivity index (χ4v) is 1.89. The maximum absolute atomic E-state index is 11.8. The molecule has 0 aliphatic rings. The Kier molecular flexibility index (Phi) is 5.14. The maximum Gasteiger partial charge on any atom is 0.274 e. The van der Waals surface area contributed by atoms with Crippen molar-refractivity contribution >= 4 is 5.91 Å². The molecule has 0 fully saturated rings. The van der Waals surface area contributed by atoms with Crippen LogP contribution in [0.25, 0.3) is 0 Å². The van der Waals surface area contributed by atoms with Crippen LogP contribution in [-0.4, -0.2) is 21.9 Å². The predicted octanol–water partition coefficient (Wildman–Crippen LogP) is 2.39. The second-order valence-corrected chi connectivity index (χ2v) is 5.24. The van der Waals surface area contributed by atoms with Gasteiger partial charge in [-0.05, 0) is 43.2 Å². The van der Waals surface area contributed by atoms with Crippen LogP contribution in [0, 0.1) is 0 Å². The molecule has 3 N–H and O–H groups in total. The largest absolute Gasteiger partial charge is 0.508 e. The molecule has 0 heterocycles. The minimum Gasteiger partial charge on any atom is -0.508 e. The van der Waals surface area contributed by atoms with Crippen molar-refractivity contribution in [1.82, 2.24) is 5.48 Å². The Morgan fingerprint density at radius 1 is 1.14 bits per heavy atom. The zero-order valence-electron chi connectivity index (χ0n) is 12.3. The van der Waals surface area contributed by atoms with E-state index in [1.807, 2.05) is 6.07 Å². The fraction of sp³-hybridized carbons (Fsp3) is 0.235. The lowest BCUT2D eigenvalue weighted by molar-refractivity contribution is -0.220. The van der Waals surface area contributed by atoms with E-state index in [2.05, 4.69) is 5.48 Å². The van der Waals surface area contributed by atoms with Crippen molar-refractivity contribution in [1.29, 1.82) is 0 Å². The predicted molar refractivity (Wildman–Crippen MR) is 82.0 cm³/mol. The number of carbonyl (C=O) groups is 1. The number of hydroxylamine groups is 1. The minimum absolute atomic E-state index is 0.196. The number of phenolic OH excluding ortho intramolecular Hbond substituents is 1. The molecule has 5 heteroatoms. The molecule has 22 heavy (non-hydrogen) atoms. The Bertz CT molecular complexity index is 608. The number of aromatic hydroxyl groups is 1. The summed E-state index contributed by atoms with van der Waals surface area (Å²) in [6.07, 6.45) is 0.849. The monoisotopic (exact) mass is 301 g/mol. The van der Waals surface area contributed by atoms with Crippen LogP contribution in [0.2, 0.25) is 0 Å². The molecule has 2 rings (SSSR count). The molecule has 0 saturated heterocycles. The fourth-order valence-electron chi connectivity index (χ4n) is 1.89. The van der Waals surface area contributed by atoms with Gasteiger partial charge < -0.3 is 10.2 Å². The van der Waals surface area contributed by atoms with Crippen LogP contribution in [0.3, 0.4) is 0 Å². The molecule has 0 aliphatic carbocycles. The lowest BCUT2D eigenvalue weighted by Crippen LogP contribution is -2.38. The highest BCUT2D eigenvalue weighted by Crippen LogP contribution is 2.17. The van der Waals surface area contributed by atoms with Crippen LogP contribution >= 0.6 is 0 Å². The van der Waals surface area contributed by atoms with E-state index < -0.39 is 11.7 Å². The summed E-state index contributed by atoms with van der Waals surface area (Å²) in [7, 11) is 0. The number of phenols is 1. The van der Waals surface area contributed by atoms with Gasteiger partial charge in [0, 0.05) is 12.0 Å². The third-order valence-corrected chi connectivity index (χ3v) is 3.21. The molecule has 0 aliphatic heterocycles. The molecule has 0 bridgehead atoms. The molecule has 0 spiro atoms. The first-order valence-corrected chi connectivity index (χ1v) is 7.00. The standard InChI is InChI=1S/C17H19NO4/c1-17(21,12-11-13-7-9-15(19)10-8-13)22-18-16(20)14-5-3-2-4-6-14/h2-10,19,21H,11-12H2,1H3,(H,18,20). The second-order valence-electron chi connectivity index (χ2n) is 5.24. The zero-order chi connectivity index (χ0) is 16.0. The van der Waals surface area contributed by atoms with Crippen LogP contribution in [0.5, 0.6) is 5.75 Å². The van der Waals surface area contributed by atoms with Crippen LogP contribution in [-0.2, 0) is 11.3 Å². The van der Waals surface area contributed by atoms with Gasteiger partial charge in [-0.1, -0.05) is 30.3 Å². The quantitative estimate of drug-likeness (QED) is 0.565. The molecule has 1 atom stereocenters. The smallest absolute Gasteiger partial charge is 0.274 e. The van der Waals surface area contributed by atoms with E-state index in [0.717, 1.165) is 5.56 Å². The lowest BCUT2D eigenvalue weighted by Gasteiger charge is -2.23. The van der Waals surface area contributed by atoms with E-state index in [1.54, 1.807) is 48.5 Å². The van der Waals surface area contributed by atoms with Gasteiger partial charge in [0.2, 0.25) is 0 Å². The van der Waals surface area contributed by atoms with E-state index in [9.17, 15) is 15.0 Å². The number of aryl methyl sites for hydroxylation is 1. The average molecular weight is 301 g/mol. The Morgan fingerprint density at radius 2 is 1.77 bits per heavy atom. The van der Waals surface area contributed by atoms with Crippen molar-refractivity contribution in [2.24, 2.45) is 0 Å². The SMILES string of the molecule is CC(O)(CCc1ccc(O)cc1)ONC(=O)c1ccccc1. The molecule has 0 aromatic heterocycles. The summed E-state index contributed by atoms with van der Waals surface area (Å²) in [5.74, 6) is -1.70. The first-order valence-electron chi connectivity index (χ1n) is 7.00. The third-order valence-electron chi connectivity index (χ3n) is 3.21. The van der Waals surface area contributed by atoms with Gasteiger partial charge in [0.25, 0.3) is 5.91 Å². The number of hydrogen-bond acceptors (Lipinski definition) is 4. The molecular formula is C17H19NO4. The molecule has 0 saturated carbocycles. The number of rotatable bonds is 6. The summed E-state index contributed by atoms with van der Waals surface area (Å²) in [6, 6.07) is 15.3. The van der Waals surface area contributed by atoms with Gasteiger partial charge in [-0.3, -0.25) is 4.79 Å². The topological polar surface area (TPSA) is 78.8 Å². The van der Waals surface area contributed by atoms with Crippen molar-refractivity contribution < 1.29 is 19.8 Å². The number of nitrogens with one attached hydrogen (secondary N) is 1. The van der Waals surface area contributed by atoms with Gasteiger partial charge in [0.05, 0.1) is 0 Å². The molecule has 116 valence electrons. The summed E-state index contributed by atoms with van der Waals surface area (Å²) in [5.41, 5.74) is 3.67. The number of aliphatic hydroxyl groups is 1. The van der Waals surface area contributed by atoms with Crippen molar-refractivity contribution in [2.45, 2.75) is 25.6 Å². The summed E-state index contributed by atoms with van der Waals surface area (Å²) < 4.78 is 0. The summed E-state index contributed by atoms with van der Waals surface area (Å²) >= 11 is 0. The lowest BCUT2D eigenvalue weighted by atomic mass is 10.1. The van der Waals surface area contributed by atoms with E-state index in [1.165, 1.54) is 6.92 Å². The molecule has 0 radical (unpaired) electrons. The van der Waals surface area contributed by atoms with Gasteiger partial charge >= 0.3 is 0 Å².